The van der Waals surface area contributed by atoms with Crippen molar-refractivity contribution in [1.29, 1.82) is 0 Å². The van der Waals surface area contributed by atoms with E-state index in [1.165, 1.54) is 28.8 Å². The van der Waals surface area contributed by atoms with Crippen molar-refractivity contribution < 1.29 is 22.7 Å². The van der Waals surface area contributed by atoms with Crippen LogP contribution in [-0.2, 0) is 0 Å². The summed E-state index contributed by atoms with van der Waals surface area (Å²) in [7, 11) is 0. The van der Waals surface area contributed by atoms with E-state index in [4.69, 9.17) is 4.98 Å². The fourth-order valence-electron chi connectivity index (χ4n) is 4.63. The van der Waals surface area contributed by atoms with Gasteiger partial charge in [-0.2, -0.15) is 5.10 Å². The zero-order chi connectivity index (χ0) is 24.0. The molecule has 4 aromatic rings. The summed E-state index contributed by atoms with van der Waals surface area (Å²) in [5, 5.41) is 14.4. The Morgan fingerprint density at radius 3 is 2.38 bits per heavy atom. The van der Waals surface area contributed by atoms with E-state index in [1.807, 2.05) is 4.90 Å². The molecule has 0 unspecified atom stereocenters. The Morgan fingerprint density at radius 2 is 1.74 bits per heavy atom. The van der Waals surface area contributed by atoms with Gasteiger partial charge >= 0.3 is 0 Å². The first-order chi connectivity index (χ1) is 16.4. The molecule has 1 atom stereocenters. The second-order valence-electron chi connectivity index (χ2n) is 8.45. The fourth-order valence-corrected chi connectivity index (χ4v) is 4.63. The highest BCUT2D eigenvalue weighted by Crippen LogP contribution is 2.35. The van der Waals surface area contributed by atoms with Gasteiger partial charge in [-0.3, -0.25) is 0 Å². The predicted molar refractivity (Wildman–Crippen MR) is 121 cm³/mol. The molecule has 0 radical (unpaired) electrons. The van der Waals surface area contributed by atoms with Crippen LogP contribution in [0, 0.1) is 18.6 Å². The second kappa shape index (κ2) is 8.72. The first-order valence-electron chi connectivity index (χ1n) is 11.0. The molecule has 0 aliphatic carbocycles. The molecular weight excluding hydrogens is 448 g/mol. The molecule has 0 amide bonds. The number of aliphatic hydroxyl groups is 1. The van der Waals surface area contributed by atoms with Crippen molar-refractivity contribution in [3.8, 4) is 22.4 Å². The van der Waals surface area contributed by atoms with Gasteiger partial charge in [0.15, 0.2) is 5.65 Å². The standard InChI is InChI=1S/C25H22F4N4O/c1-14-23(15-4-6-16(7-5-15)24(28)29)25-30-22(32-8-2-3-20(32)13-34)12-21(33(25)31-14)17-9-18(26)11-19(27)10-17/h4-7,9-12,20,24,34H,2-3,8,13H2,1H3/t20-/m0/s1. The lowest BCUT2D eigenvalue weighted by Crippen LogP contribution is -2.32. The lowest BCUT2D eigenvalue weighted by molar-refractivity contribution is 0.151. The molecule has 3 heterocycles. The summed E-state index contributed by atoms with van der Waals surface area (Å²) in [5.74, 6) is -0.890. The monoisotopic (exact) mass is 470 g/mol. The predicted octanol–water partition coefficient (Wildman–Crippen LogP) is 5.55. The molecule has 1 aliphatic rings. The lowest BCUT2D eigenvalue weighted by Gasteiger charge is -2.25. The molecule has 34 heavy (non-hydrogen) atoms. The molecular formula is C25H22F4N4O. The van der Waals surface area contributed by atoms with Crippen LogP contribution in [0.25, 0.3) is 28.0 Å². The number of fused-ring (bicyclic) bond motifs is 1. The highest BCUT2D eigenvalue weighted by molar-refractivity contribution is 5.83. The Kier molecular flexibility index (Phi) is 5.73. The topological polar surface area (TPSA) is 53.7 Å². The van der Waals surface area contributed by atoms with Crippen molar-refractivity contribution >= 4 is 11.5 Å². The summed E-state index contributed by atoms with van der Waals surface area (Å²) in [6.45, 7) is 2.40. The van der Waals surface area contributed by atoms with Crippen LogP contribution >= 0.6 is 0 Å². The smallest absolute Gasteiger partial charge is 0.263 e. The summed E-state index contributed by atoms with van der Waals surface area (Å²) < 4.78 is 55.8. The normalized spacial score (nSPS) is 16.2. The third-order valence-corrected chi connectivity index (χ3v) is 6.24. The Bertz CT molecular complexity index is 1330. The Hall–Kier alpha value is -3.46. The molecule has 2 aromatic carbocycles. The van der Waals surface area contributed by atoms with E-state index < -0.39 is 18.1 Å². The van der Waals surface area contributed by atoms with Crippen molar-refractivity contribution in [1.82, 2.24) is 14.6 Å². The molecule has 1 N–H and O–H groups in total. The molecule has 0 saturated carbocycles. The first kappa shape index (κ1) is 22.3. The van der Waals surface area contributed by atoms with Crippen LogP contribution in [0.3, 0.4) is 0 Å². The Labute approximate surface area is 193 Å². The number of benzene rings is 2. The van der Waals surface area contributed by atoms with Gasteiger partial charge in [-0.05, 0) is 37.5 Å². The Balaban J connectivity index is 1.76. The summed E-state index contributed by atoms with van der Waals surface area (Å²) in [4.78, 5) is 6.80. The van der Waals surface area contributed by atoms with Crippen LogP contribution in [0.1, 0.15) is 30.5 Å². The van der Waals surface area contributed by atoms with Crippen LogP contribution in [-0.4, -0.2) is 38.9 Å². The first-order valence-corrected chi connectivity index (χ1v) is 11.0. The minimum absolute atomic E-state index is 0.0446. The van der Waals surface area contributed by atoms with Gasteiger partial charge in [0.25, 0.3) is 6.43 Å². The van der Waals surface area contributed by atoms with Gasteiger partial charge in [-0.1, -0.05) is 24.3 Å². The van der Waals surface area contributed by atoms with E-state index in [0.717, 1.165) is 18.9 Å². The van der Waals surface area contributed by atoms with E-state index in [1.54, 1.807) is 25.1 Å². The summed E-state index contributed by atoms with van der Waals surface area (Å²) in [6, 6.07) is 10.7. The average Bonchev–Trinajstić information content (AvgIpc) is 3.41. The van der Waals surface area contributed by atoms with Gasteiger partial charge in [-0.15, -0.1) is 0 Å². The zero-order valence-corrected chi connectivity index (χ0v) is 18.3. The van der Waals surface area contributed by atoms with E-state index in [-0.39, 0.29) is 23.8 Å². The van der Waals surface area contributed by atoms with Gasteiger partial charge in [0, 0.05) is 35.4 Å². The van der Waals surface area contributed by atoms with Crippen molar-refractivity contribution in [2.45, 2.75) is 32.2 Å². The molecule has 176 valence electrons. The molecule has 1 fully saturated rings. The molecule has 1 saturated heterocycles. The largest absolute Gasteiger partial charge is 0.394 e. The van der Waals surface area contributed by atoms with Crippen molar-refractivity contribution in [2.75, 3.05) is 18.1 Å². The number of halogens is 4. The summed E-state index contributed by atoms with van der Waals surface area (Å²) >= 11 is 0. The van der Waals surface area contributed by atoms with Crippen LogP contribution < -0.4 is 4.90 Å². The van der Waals surface area contributed by atoms with Gasteiger partial charge in [0.1, 0.15) is 17.5 Å². The number of hydrogen-bond acceptors (Lipinski definition) is 4. The Morgan fingerprint density at radius 1 is 1.03 bits per heavy atom. The number of nitrogens with zero attached hydrogens (tertiary/aromatic N) is 4. The number of aromatic nitrogens is 3. The van der Waals surface area contributed by atoms with E-state index >= 15 is 0 Å². The maximum atomic E-state index is 14.1. The van der Waals surface area contributed by atoms with Crippen molar-refractivity contribution in [3.05, 3.63) is 71.4 Å². The number of hydrogen-bond donors (Lipinski definition) is 1. The fraction of sp³-hybridized carbons (Fsp3) is 0.280. The highest BCUT2D eigenvalue weighted by atomic mass is 19.3. The summed E-state index contributed by atoms with van der Waals surface area (Å²) in [5.41, 5.74) is 2.94. The van der Waals surface area contributed by atoms with Crippen molar-refractivity contribution in [2.24, 2.45) is 0 Å². The third kappa shape index (κ3) is 3.90. The molecule has 0 spiro atoms. The number of alkyl halides is 2. The number of aliphatic hydroxyl groups excluding tert-OH is 1. The average molecular weight is 470 g/mol. The molecule has 5 rings (SSSR count). The lowest BCUT2D eigenvalue weighted by atomic mass is 10.0. The van der Waals surface area contributed by atoms with E-state index in [9.17, 15) is 22.7 Å². The van der Waals surface area contributed by atoms with Gasteiger partial charge < -0.3 is 10.0 Å². The maximum absolute atomic E-state index is 14.1. The van der Waals surface area contributed by atoms with E-state index in [0.29, 0.717) is 40.5 Å². The van der Waals surface area contributed by atoms with Crippen LogP contribution in [0.2, 0.25) is 0 Å². The minimum atomic E-state index is -2.58. The maximum Gasteiger partial charge on any atom is 0.263 e. The summed E-state index contributed by atoms with van der Waals surface area (Å²) in [6.07, 6.45) is -0.903. The van der Waals surface area contributed by atoms with Gasteiger partial charge in [-0.25, -0.2) is 27.1 Å². The number of aryl methyl sites for hydroxylation is 1. The van der Waals surface area contributed by atoms with Crippen LogP contribution in [0.4, 0.5) is 23.4 Å². The van der Waals surface area contributed by atoms with Gasteiger partial charge in [0.2, 0.25) is 0 Å². The second-order valence-corrected chi connectivity index (χ2v) is 8.45. The van der Waals surface area contributed by atoms with Crippen LogP contribution in [0.15, 0.2) is 48.5 Å². The SMILES string of the molecule is Cc1nn2c(-c3cc(F)cc(F)c3)cc(N3CCC[C@H]3CO)nc2c1-c1ccc(C(F)F)cc1. The van der Waals surface area contributed by atoms with E-state index in [2.05, 4.69) is 5.10 Å². The van der Waals surface area contributed by atoms with Crippen LogP contribution in [0.5, 0.6) is 0 Å². The zero-order valence-electron chi connectivity index (χ0n) is 18.3. The molecule has 1 aliphatic heterocycles. The molecule has 5 nitrogen and oxygen atoms in total. The molecule has 0 bridgehead atoms. The quantitative estimate of drug-likeness (QED) is 0.389. The number of rotatable bonds is 5. The minimum Gasteiger partial charge on any atom is -0.394 e. The van der Waals surface area contributed by atoms with Gasteiger partial charge in [0.05, 0.1) is 24.0 Å². The molecule has 2 aromatic heterocycles. The number of anilines is 1. The highest BCUT2D eigenvalue weighted by Gasteiger charge is 2.27. The van der Waals surface area contributed by atoms with Crippen molar-refractivity contribution in [3.63, 3.8) is 0 Å². The molecule has 9 heteroatoms. The third-order valence-electron chi connectivity index (χ3n) is 6.24.